The van der Waals surface area contributed by atoms with Crippen LogP contribution in [0.2, 0.25) is 0 Å². The van der Waals surface area contributed by atoms with Gasteiger partial charge in [0.05, 0.1) is 12.5 Å². The topological polar surface area (TPSA) is 52.7 Å². The molecule has 148 valence electrons. The number of hydrogen-bond donors (Lipinski definition) is 1. The highest BCUT2D eigenvalue weighted by molar-refractivity contribution is 9.10. The van der Waals surface area contributed by atoms with E-state index in [0.717, 1.165) is 23.1 Å². The van der Waals surface area contributed by atoms with Crippen molar-refractivity contribution in [3.63, 3.8) is 0 Å². The molecule has 6 heteroatoms. The van der Waals surface area contributed by atoms with E-state index < -0.39 is 0 Å². The molecule has 1 fully saturated rings. The van der Waals surface area contributed by atoms with Crippen LogP contribution in [0.4, 0.5) is 5.69 Å². The highest BCUT2D eigenvalue weighted by Gasteiger charge is 2.25. The molecule has 1 atom stereocenters. The molecular weight excluding hydrogens is 418 g/mol. The summed E-state index contributed by atoms with van der Waals surface area (Å²) in [6.45, 7) is 6.63. The smallest absolute Gasteiger partial charge is 0.225 e. The lowest BCUT2D eigenvalue weighted by molar-refractivity contribution is -0.132. The van der Waals surface area contributed by atoms with E-state index in [-0.39, 0.29) is 24.3 Å². The molecule has 3 rings (SSSR count). The summed E-state index contributed by atoms with van der Waals surface area (Å²) in [5.41, 5.74) is 3.43. The van der Waals surface area contributed by atoms with Crippen molar-refractivity contribution in [3.05, 3.63) is 64.1 Å². The van der Waals surface area contributed by atoms with Crippen molar-refractivity contribution in [2.75, 3.05) is 31.1 Å². The van der Waals surface area contributed by atoms with Crippen LogP contribution < -0.4 is 10.2 Å². The summed E-state index contributed by atoms with van der Waals surface area (Å²) in [5.74, 6) is -0.0591. The zero-order chi connectivity index (χ0) is 20.1. The fourth-order valence-corrected chi connectivity index (χ4v) is 3.88. The molecule has 0 spiro atoms. The third-order valence-corrected chi connectivity index (χ3v) is 5.65. The van der Waals surface area contributed by atoms with Crippen molar-refractivity contribution in [1.82, 2.24) is 10.2 Å². The Bertz CT molecular complexity index is 830. The van der Waals surface area contributed by atoms with Crippen LogP contribution in [0.1, 0.15) is 30.5 Å². The molecule has 0 radical (unpaired) electrons. The minimum absolute atomic E-state index is 0.0751. The predicted octanol–water partition coefficient (Wildman–Crippen LogP) is 3.67. The molecule has 0 bridgehead atoms. The molecule has 1 heterocycles. The maximum absolute atomic E-state index is 12.9. The normalized spacial score (nSPS) is 15.2. The van der Waals surface area contributed by atoms with Crippen molar-refractivity contribution < 1.29 is 9.59 Å². The molecular formula is C22H26BrN3O2. The van der Waals surface area contributed by atoms with Crippen molar-refractivity contribution in [2.24, 2.45) is 0 Å². The Hall–Kier alpha value is -2.34. The van der Waals surface area contributed by atoms with Crippen LogP contribution in [-0.2, 0) is 9.59 Å². The number of piperazine rings is 1. The Balaban J connectivity index is 1.62. The third kappa shape index (κ3) is 5.13. The van der Waals surface area contributed by atoms with Crippen LogP contribution in [0.15, 0.2) is 53.0 Å². The minimum atomic E-state index is -0.313. The molecule has 1 aliphatic heterocycles. The lowest BCUT2D eigenvalue weighted by Crippen LogP contribution is -2.49. The van der Waals surface area contributed by atoms with E-state index in [0.29, 0.717) is 13.1 Å². The van der Waals surface area contributed by atoms with Gasteiger partial charge in [0.25, 0.3) is 0 Å². The first-order valence-corrected chi connectivity index (χ1v) is 10.3. The van der Waals surface area contributed by atoms with Crippen molar-refractivity contribution in [1.29, 1.82) is 0 Å². The summed E-state index contributed by atoms with van der Waals surface area (Å²) >= 11 is 3.42. The number of hydrogen-bond acceptors (Lipinski definition) is 3. The van der Waals surface area contributed by atoms with Gasteiger partial charge in [-0.1, -0.05) is 46.3 Å². The van der Waals surface area contributed by atoms with Crippen LogP contribution in [-0.4, -0.2) is 42.9 Å². The lowest BCUT2D eigenvalue weighted by Gasteiger charge is -2.37. The van der Waals surface area contributed by atoms with E-state index >= 15 is 0 Å². The van der Waals surface area contributed by atoms with Crippen LogP contribution in [0.25, 0.3) is 0 Å². The Morgan fingerprint density at radius 1 is 1.04 bits per heavy atom. The summed E-state index contributed by atoms with van der Waals surface area (Å²) in [7, 11) is 0. The quantitative estimate of drug-likeness (QED) is 0.766. The van der Waals surface area contributed by atoms with Crippen LogP contribution in [0.5, 0.6) is 0 Å². The predicted molar refractivity (Wildman–Crippen MR) is 115 cm³/mol. The number of benzene rings is 2. The molecule has 1 unspecified atom stereocenters. The van der Waals surface area contributed by atoms with Gasteiger partial charge in [-0.2, -0.15) is 0 Å². The van der Waals surface area contributed by atoms with E-state index in [4.69, 9.17) is 0 Å². The lowest BCUT2D eigenvalue weighted by atomic mass is 10.0. The molecule has 2 aromatic rings. The standard InChI is InChI=1S/C22H26BrN3O2/c1-16-5-3-4-6-21(16)25-11-13-26(14-12-25)22(28)15-20(24-17(2)27)18-7-9-19(23)10-8-18/h3-10,20H,11-15H2,1-2H3,(H,24,27). The molecule has 1 N–H and O–H groups in total. The maximum atomic E-state index is 12.9. The molecule has 0 saturated carbocycles. The number of nitrogens with one attached hydrogen (secondary N) is 1. The number of nitrogens with zero attached hydrogens (tertiary/aromatic N) is 2. The van der Waals surface area contributed by atoms with Gasteiger partial charge in [0.2, 0.25) is 11.8 Å². The van der Waals surface area contributed by atoms with E-state index in [9.17, 15) is 9.59 Å². The number of halogens is 1. The first-order valence-electron chi connectivity index (χ1n) is 9.55. The van der Waals surface area contributed by atoms with Gasteiger partial charge >= 0.3 is 0 Å². The highest BCUT2D eigenvalue weighted by Crippen LogP contribution is 2.23. The number of amides is 2. The van der Waals surface area contributed by atoms with Gasteiger partial charge in [-0.3, -0.25) is 9.59 Å². The van der Waals surface area contributed by atoms with Gasteiger partial charge in [-0.05, 0) is 36.2 Å². The van der Waals surface area contributed by atoms with Crippen molar-refractivity contribution in [3.8, 4) is 0 Å². The minimum Gasteiger partial charge on any atom is -0.368 e. The summed E-state index contributed by atoms with van der Waals surface area (Å²) < 4.78 is 0.969. The molecule has 1 aliphatic rings. The molecule has 0 aromatic heterocycles. The number of aryl methyl sites for hydroxylation is 1. The first-order chi connectivity index (χ1) is 13.4. The molecule has 0 aliphatic carbocycles. The number of anilines is 1. The van der Waals surface area contributed by atoms with Crippen molar-refractivity contribution in [2.45, 2.75) is 26.3 Å². The van der Waals surface area contributed by atoms with E-state index in [1.165, 1.54) is 18.2 Å². The van der Waals surface area contributed by atoms with Gasteiger partial charge in [0.1, 0.15) is 0 Å². The first kappa shape index (κ1) is 20.4. The van der Waals surface area contributed by atoms with Crippen molar-refractivity contribution >= 4 is 33.4 Å². The second kappa shape index (κ2) is 9.24. The average molecular weight is 444 g/mol. The SMILES string of the molecule is CC(=O)NC(CC(=O)N1CCN(c2ccccc2C)CC1)c1ccc(Br)cc1. The van der Waals surface area contributed by atoms with Gasteiger partial charge in [-0.25, -0.2) is 0 Å². The molecule has 2 aromatic carbocycles. The largest absolute Gasteiger partial charge is 0.368 e. The fourth-order valence-electron chi connectivity index (χ4n) is 3.61. The van der Waals surface area contributed by atoms with Crippen LogP contribution >= 0.6 is 15.9 Å². The van der Waals surface area contributed by atoms with E-state index in [1.54, 1.807) is 0 Å². The Morgan fingerprint density at radius 3 is 2.29 bits per heavy atom. The summed E-state index contributed by atoms with van der Waals surface area (Å²) in [6, 6.07) is 15.8. The maximum Gasteiger partial charge on any atom is 0.225 e. The Morgan fingerprint density at radius 2 is 1.68 bits per heavy atom. The van der Waals surface area contributed by atoms with Crippen LogP contribution in [0.3, 0.4) is 0 Å². The van der Waals surface area contributed by atoms with Gasteiger partial charge in [-0.15, -0.1) is 0 Å². The summed E-state index contributed by atoms with van der Waals surface area (Å²) in [5, 5.41) is 2.92. The molecule has 1 saturated heterocycles. The van der Waals surface area contributed by atoms with E-state index in [2.05, 4.69) is 51.3 Å². The number of carbonyl (C=O) groups excluding carboxylic acids is 2. The fraction of sp³-hybridized carbons (Fsp3) is 0.364. The third-order valence-electron chi connectivity index (χ3n) is 5.12. The number of para-hydroxylation sites is 1. The molecule has 2 amide bonds. The van der Waals surface area contributed by atoms with E-state index in [1.807, 2.05) is 35.2 Å². The Kier molecular flexibility index (Phi) is 6.73. The number of rotatable bonds is 5. The zero-order valence-electron chi connectivity index (χ0n) is 16.3. The number of carbonyl (C=O) groups is 2. The second-order valence-corrected chi connectivity index (χ2v) is 8.08. The van der Waals surface area contributed by atoms with Crippen LogP contribution in [0, 0.1) is 6.92 Å². The monoisotopic (exact) mass is 443 g/mol. The van der Waals surface area contributed by atoms with Gasteiger partial charge in [0.15, 0.2) is 0 Å². The summed E-state index contributed by atoms with van der Waals surface area (Å²) in [4.78, 5) is 28.8. The average Bonchev–Trinajstić information content (AvgIpc) is 2.68. The zero-order valence-corrected chi connectivity index (χ0v) is 17.9. The summed E-state index contributed by atoms with van der Waals surface area (Å²) in [6.07, 6.45) is 0.269. The molecule has 5 nitrogen and oxygen atoms in total. The highest BCUT2D eigenvalue weighted by atomic mass is 79.9. The van der Waals surface area contributed by atoms with Gasteiger partial charge < -0.3 is 15.1 Å². The van der Waals surface area contributed by atoms with Gasteiger partial charge in [0, 0.05) is 43.3 Å². The second-order valence-electron chi connectivity index (χ2n) is 7.16. The Labute approximate surface area is 174 Å². The molecule has 28 heavy (non-hydrogen) atoms.